The van der Waals surface area contributed by atoms with Crippen molar-refractivity contribution in [3.63, 3.8) is 0 Å². The molecule has 20 heavy (non-hydrogen) atoms. The minimum absolute atomic E-state index is 0.00201. The van der Waals surface area contributed by atoms with Crippen LogP contribution in [0.1, 0.15) is 41.3 Å². The number of benzene rings is 1. The topological polar surface area (TPSA) is 38.3 Å². The van der Waals surface area contributed by atoms with Crippen molar-refractivity contribution < 1.29 is 22.7 Å². The normalized spacial score (nSPS) is 11.8. The minimum atomic E-state index is -4.47. The molecular formula is C14H18F3NO2. The summed E-state index contributed by atoms with van der Waals surface area (Å²) < 4.78 is 43.8. The van der Waals surface area contributed by atoms with E-state index in [1.165, 1.54) is 19.2 Å². The first-order chi connectivity index (χ1) is 9.27. The van der Waals surface area contributed by atoms with Gasteiger partial charge in [0.15, 0.2) is 0 Å². The Morgan fingerprint density at radius 1 is 1.35 bits per heavy atom. The summed E-state index contributed by atoms with van der Waals surface area (Å²) in [6, 6.07) is 3.67. The number of alkyl halides is 3. The first-order valence-electron chi connectivity index (χ1n) is 6.25. The first kappa shape index (κ1) is 16.5. The lowest BCUT2D eigenvalue weighted by molar-refractivity contribution is -0.138. The van der Waals surface area contributed by atoms with Gasteiger partial charge >= 0.3 is 6.18 Å². The van der Waals surface area contributed by atoms with Crippen molar-refractivity contribution in [3.05, 3.63) is 34.9 Å². The van der Waals surface area contributed by atoms with Crippen molar-refractivity contribution >= 4 is 5.91 Å². The molecule has 3 nitrogen and oxygen atoms in total. The molecule has 6 heteroatoms. The van der Waals surface area contributed by atoms with Crippen LogP contribution in [0, 0.1) is 0 Å². The van der Waals surface area contributed by atoms with E-state index in [2.05, 4.69) is 5.32 Å². The zero-order valence-electron chi connectivity index (χ0n) is 11.7. The van der Waals surface area contributed by atoms with E-state index in [4.69, 9.17) is 4.74 Å². The third-order valence-corrected chi connectivity index (χ3v) is 2.83. The van der Waals surface area contributed by atoms with Crippen LogP contribution in [0.4, 0.5) is 13.2 Å². The molecule has 0 aliphatic carbocycles. The third-order valence-electron chi connectivity index (χ3n) is 2.83. The molecule has 0 fully saturated rings. The van der Waals surface area contributed by atoms with Gasteiger partial charge in [0.2, 0.25) is 0 Å². The molecule has 0 heterocycles. The maximum Gasteiger partial charge on any atom is 0.416 e. The summed E-state index contributed by atoms with van der Waals surface area (Å²) in [6.45, 7) is 3.93. The Kier molecular flexibility index (Phi) is 5.56. The molecule has 0 atom stereocenters. The summed E-state index contributed by atoms with van der Waals surface area (Å²) in [5.74, 6) is -0.805. The highest BCUT2D eigenvalue weighted by molar-refractivity contribution is 5.94. The molecule has 1 aromatic rings. The fourth-order valence-corrected chi connectivity index (χ4v) is 1.82. The van der Waals surface area contributed by atoms with E-state index in [-0.39, 0.29) is 23.6 Å². The Hall–Kier alpha value is -1.56. The van der Waals surface area contributed by atoms with E-state index in [1.807, 2.05) is 0 Å². The van der Waals surface area contributed by atoms with Gasteiger partial charge < -0.3 is 10.1 Å². The summed E-state index contributed by atoms with van der Waals surface area (Å²) in [5.41, 5.74) is -0.573. The van der Waals surface area contributed by atoms with Crippen LogP contribution in [0.15, 0.2) is 18.2 Å². The van der Waals surface area contributed by atoms with Gasteiger partial charge in [-0.2, -0.15) is 13.2 Å². The Bertz CT molecular complexity index is 470. The number of hydrogen-bond acceptors (Lipinski definition) is 2. The monoisotopic (exact) mass is 289 g/mol. The SMILES string of the molecule is COCCNC(=O)c1ccc(C(C)C)c(C(F)(F)F)c1. The molecule has 1 N–H and O–H groups in total. The quantitative estimate of drug-likeness (QED) is 0.845. The van der Waals surface area contributed by atoms with Crippen LogP contribution in [0.3, 0.4) is 0 Å². The van der Waals surface area contributed by atoms with Gasteiger partial charge in [-0.25, -0.2) is 0 Å². The second-order valence-corrected chi connectivity index (χ2v) is 4.70. The van der Waals surface area contributed by atoms with E-state index in [0.717, 1.165) is 6.07 Å². The van der Waals surface area contributed by atoms with E-state index >= 15 is 0 Å². The van der Waals surface area contributed by atoms with Crippen molar-refractivity contribution in [1.29, 1.82) is 0 Å². The van der Waals surface area contributed by atoms with Crippen LogP contribution in [-0.2, 0) is 10.9 Å². The van der Waals surface area contributed by atoms with E-state index in [9.17, 15) is 18.0 Å². The number of nitrogens with one attached hydrogen (secondary N) is 1. The van der Waals surface area contributed by atoms with Gasteiger partial charge in [0.1, 0.15) is 0 Å². The largest absolute Gasteiger partial charge is 0.416 e. The number of amides is 1. The molecule has 0 aliphatic rings. The number of halogens is 3. The Morgan fingerprint density at radius 3 is 2.50 bits per heavy atom. The number of carbonyl (C=O) groups is 1. The van der Waals surface area contributed by atoms with Gasteiger partial charge in [-0.1, -0.05) is 19.9 Å². The molecule has 0 saturated heterocycles. The average molecular weight is 289 g/mol. The average Bonchev–Trinajstić information content (AvgIpc) is 2.37. The molecule has 0 spiro atoms. The molecule has 0 saturated carbocycles. The van der Waals surface area contributed by atoms with E-state index < -0.39 is 17.6 Å². The standard InChI is InChI=1S/C14H18F3NO2/c1-9(2)11-5-4-10(8-12(11)14(15,16)17)13(19)18-6-7-20-3/h4-5,8-9H,6-7H2,1-3H3,(H,18,19). The van der Waals surface area contributed by atoms with Crippen LogP contribution < -0.4 is 5.32 Å². The molecular weight excluding hydrogens is 271 g/mol. The highest BCUT2D eigenvalue weighted by atomic mass is 19.4. The first-order valence-corrected chi connectivity index (χ1v) is 6.25. The van der Waals surface area contributed by atoms with Crippen LogP contribution in [0.25, 0.3) is 0 Å². The lowest BCUT2D eigenvalue weighted by Crippen LogP contribution is -2.27. The molecule has 0 aliphatic heterocycles. The predicted molar refractivity (Wildman–Crippen MR) is 69.7 cm³/mol. The molecule has 0 radical (unpaired) electrons. The molecule has 1 amide bonds. The third kappa shape index (κ3) is 4.23. The number of hydrogen-bond donors (Lipinski definition) is 1. The molecule has 1 rings (SSSR count). The van der Waals surface area contributed by atoms with Gasteiger partial charge in [-0.3, -0.25) is 4.79 Å². The van der Waals surface area contributed by atoms with Gasteiger partial charge in [-0.05, 0) is 23.6 Å². The van der Waals surface area contributed by atoms with Crippen LogP contribution in [0.5, 0.6) is 0 Å². The van der Waals surface area contributed by atoms with Crippen LogP contribution in [-0.4, -0.2) is 26.2 Å². The second kappa shape index (κ2) is 6.74. The molecule has 0 aromatic heterocycles. The van der Waals surface area contributed by atoms with E-state index in [0.29, 0.717) is 6.61 Å². The zero-order valence-corrected chi connectivity index (χ0v) is 11.7. The summed E-state index contributed by atoms with van der Waals surface area (Å²) in [7, 11) is 1.48. The van der Waals surface area contributed by atoms with Crippen LogP contribution in [0.2, 0.25) is 0 Å². The summed E-state index contributed by atoms with van der Waals surface area (Å²) in [6.07, 6.45) is -4.47. The lowest BCUT2D eigenvalue weighted by atomic mass is 9.94. The van der Waals surface area contributed by atoms with E-state index in [1.54, 1.807) is 13.8 Å². The highest BCUT2D eigenvalue weighted by Gasteiger charge is 2.34. The molecule has 0 bridgehead atoms. The van der Waals surface area contributed by atoms with Gasteiger partial charge in [0, 0.05) is 19.2 Å². The maximum absolute atomic E-state index is 13.0. The number of ether oxygens (including phenoxy) is 1. The highest BCUT2D eigenvalue weighted by Crippen LogP contribution is 2.35. The number of carbonyl (C=O) groups excluding carboxylic acids is 1. The van der Waals surface area contributed by atoms with Gasteiger partial charge in [-0.15, -0.1) is 0 Å². The minimum Gasteiger partial charge on any atom is -0.383 e. The molecule has 112 valence electrons. The Labute approximate surface area is 116 Å². The predicted octanol–water partition coefficient (Wildman–Crippen LogP) is 3.21. The van der Waals surface area contributed by atoms with Crippen molar-refractivity contribution in [2.75, 3.05) is 20.3 Å². The van der Waals surface area contributed by atoms with Crippen LogP contribution >= 0.6 is 0 Å². The fourth-order valence-electron chi connectivity index (χ4n) is 1.82. The summed E-state index contributed by atoms with van der Waals surface area (Å²) >= 11 is 0. The Balaban J connectivity index is 3.04. The fraction of sp³-hybridized carbons (Fsp3) is 0.500. The van der Waals surface area contributed by atoms with Crippen molar-refractivity contribution in [3.8, 4) is 0 Å². The number of rotatable bonds is 5. The van der Waals surface area contributed by atoms with Gasteiger partial charge in [0.05, 0.1) is 12.2 Å². The van der Waals surface area contributed by atoms with Gasteiger partial charge in [0.25, 0.3) is 5.91 Å². The van der Waals surface area contributed by atoms with Crippen molar-refractivity contribution in [2.24, 2.45) is 0 Å². The Morgan fingerprint density at radius 2 is 2.00 bits per heavy atom. The zero-order chi connectivity index (χ0) is 15.3. The summed E-state index contributed by atoms with van der Waals surface area (Å²) in [5, 5.41) is 2.50. The lowest BCUT2D eigenvalue weighted by Gasteiger charge is -2.16. The molecule has 0 unspecified atom stereocenters. The summed E-state index contributed by atoms with van der Waals surface area (Å²) in [4.78, 5) is 11.7. The van der Waals surface area contributed by atoms with Crippen molar-refractivity contribution in [2.45, 2.75) is 25.9 Å². The maximum atomic E-state index is 13.0. The molecule has 1 aromatic carbocycles. The second-order valence-electron chi connectivity index (χ2n) is 4.70. The number of methoxy groups -OCH3 is 1. The van der Waals surface area contributed by atoms with Crippen molar-refractivity contribution in [1.82, 2.24) is 5.32 Å². The smallest absolute Gasteiger partial charge is 0.383 e.